The van der Waals surface area contributed by atoms with E-state index in [1.807, 2.05) is 13.8 Å². The number of hydrogen-bond donors (Lipinski definition) is 0. The summed E-state index contributed by atoms with van der Waals surface area (Å²) in [6.07, 6.45) is 4.93. The van der Waals surface area contributed by atoms with Gasteiger partial charge in [-0.05, 0) is 71.0 Å². The second-order valence-corrected chi connectivity index (χ2v) is 9.25. The molecule has 1 fully saturated rings. The van der Waals surface area contributed by atoms with Crippen molar-refractivity contribution in [3.8, 4) is 0 Å². The Morgan fingerprint density at radius 1 is 1.28 bits per heavy atom. The lowest BCUT2D eigenvalue weighted by Gasteiger charge is -2.26. The zero-order chi connectivity index (χ0) is 21.4. The molecule has 1 saturated heterocycles. The van der Waals surface area contributed by atoms with Gasteiger partial charge in [0.15, 0.2) is 0 Å². The topological polar surface area (TPSA) is 46.3 Å². The smallest absolute Gasteiger partial charge is 0.137 e. The summed E-state index contributed by atoms with van der Waals surface area (Å²) < 4.78 is 4.97. The number of rotatable bonds is 7. The van der Waals surface area contributed by atoms with E-state index >= 15 is 0 Å². The third-order valence-corrected chi connectivity index (χ3v) is 7.01. The molecule has 0 bridgehead atoms. The third-order valence-electron chi connectivity index (χ3n) is 6.15. The van der Waals surface area contributed by atoms with Crippen molar-refractivity contribution in [1.29, 1.82) is 0 Å². The van der Waals surface area contributed by atoms with Crippen molar-refractivity contribution in [1.82, 2.24) is 10.1 Å². The van der Waals surface area contributed by atoms with Gasteiger partial charge in [-0.3, -0.25) is 0 Å². The minimum Gasteiger partial charge on any atom is -0.361 e. The summed E-state index contributed by atoms with van der Waals surface area (Å²) >= 11 is 1.57. The molecule has 5 heteroatoms. The molecule has 0 radical (unpaired) electrons. The Balaban J connectivity index is 0.000000221. The highest BCUT2D eigenvalue weighted by Gasteiger charge is 2.28. The largest absolute Gasteiger partial charge is 0.361 e. The van der Waals surface area contributed by atoms with Crippen LogP contribution in [0, 0.1) is 20.8 Å². The normalized spacial score (nSPS) is 20.2. The monoisotopic (exact) mass is 416 g/mol. The molecule has 160 valence electrons. The Morgan fingerprint density at radius 2 is 2.00 bits per heavy atom. The van der Waals surface area contributed by atoms with Gasteiger partial charge in [-0.1, -0.05) is 36.3 Å². The first-order valence-corrected chi connectivity index (χ1v) is 11.7. The Kier molecular flexibility index (Phi) is 9.44. The van der Waals surface area contributed by atoms with Gasteiger partial charge in [-0.15, -0.1) is 11.8 Å². The van der Waals surface area contributed by atoms with E-state index in [0.29, 0.717) is 11.7 Å². The third kappa shape index (κ3) is 6.71. The fourth-order valence-electron chi connectivity index (χ4n) is 4.08. The first-order valence-electron chi connectivity index (χ1n) is 10.6. The summed E-state index contributed by atoms with van der Waals surface area (Å²) in [7, 11) is 2.28. The van der Waals surface area contributed by atoms with E-state index in [2.05, 4.69) is 62.1 Å². The van der Waals surface area contributed by atoms with E-state index in [0.717, 1.165) is 41.1 Å². The maximum absolute atomic E-state index is 10.0. The average Bonchev–Trinajstić information content (AvgIpc) is 3.19. The minimum atomic E-state index is 0.532. The molecular weight excluding hydrogens is 380 g/mol. The molecule has 2 aromatic rings. The summed E-state index contributed by atoms with van der Waals surface area (Å²) in [5.41, 5.74) is 5.00. The highest BCUT2D eigenvalue weighted by molar-refractivity contribution is 7.99. The molecule has 0 N–H and O–H groups in total. The summed E-state index contributed by atoms with van der Waals surface area (Å²) in [6.45, 7) is 10.7. The van der Waals surface area contributed by atoms with Crippen LogP contribution in [0.5, 0.6) is 0 Å². The molecule has 4 nitrogen and oxygen atoms in total. The lowest BCUT2D eigenvalue weighted by molar-refractivity contribution is -0.105. The maximum atomic E-state index is 10.0. The predicted molar refractivity (Wildman–Crippen MR) is 123 cm³/mol. The molecule has 0 amide bonds. The quantitative estimate of drug-likeness (QED) is 0.428. The van der Waals surface area contributed by atoms with Crippen molar-refractivity contribution in [2.75, 3.05) is 12.8 Å². The van der Waals surface area contributed by atoms with Crippen LogP contribution in [-0.2, 0) is 10.5 Å². The van der Waals surface area contributed by atoms with E-state index in [1.165, 1.54) is 30.4 Å². The first kappa shape index (κ1) is 23.7. The number of aldehydes is 1. The van der Waals surface area contributed by atoms with Crippen molar-refractivity contribution in [2.24, 2.45) is 0 Å². The number of likely N-dealkylation sites (tertiary alicyclic amines) is 1. The van der Waals surface area contributed by atoms with Gasteiger partial charge in [0, 0.05) is 29.2 Å². The number of aryl methyl sites for hydroxylation is 3. The average molecular weight is 417 g/mol. The molecule has 1 aromatic carbocycles. The Labute approximate surface area is 180 Å². The van der Waals surface area contributed by atoms with Gasteiger partial charge >= 0.3 is 0 Å². The zero-order valence-corrected chi connectivity index (χ0v) is 19.6. The van der Waals surface area contributed by atoms with Crippen molar-refractivity contribution < 1.29 is 9.32 Å². The molecule has 3 atom stereocenters. The molecular formula is C24H36N2O2S. The SMILES string of the molecule is Cc1ccccc1C(C)CC1CCC(C)N1C.Cc1noc(C)c1CSCC=O. The minimum absolute atomic E-state index is 0.532. The summed E-state index contributed by atoms with van der Waals surface area (Å²) in [5, 5.41) is 3.82. The molecule has 1 aromatic heterocycles. The fraction of sp³-hybridized carbons (Fsp3) is 0.583. The van der Waals surface area contributed by atoms with Gasteiger partial charge in [0.05, 0.1) is 5.69 Å². The highest BCUT2D eigenvalue weighted by Crippen LogP contribution is 2.31. The van der Waals surface area contributed by atoms with Gasteiger partial charge in [-0.25, -0.2) is 0 Å². The van der Waals surface area contributed by atoms with Gasteiger partial charge < -0.3 is 14.2 Å². The van der Waals surface area contributed by atoms with Crippen molar-refractivity contribution in [3.05, 3.63) is 52.4 Å². The number of hydrogen-bond acceptors (Lipinski definition) is 5. The summed E-state index contributed by atoms with van der Waals surface area (Å²) in [5.74, 6) is 2.86. The van der Waals surface area contributed by atoms with Crippen LogP contribution in [0.2, 0.25) is 0 Å². The number of aromatic nitrogens is 1. The van der Waals surface area contributed by atoms with Crippen LogP contribution in [0.3, 0.4) is 0 Å². The summed E-state index contributed by atoms with van der Waals surface area (Å²) in [4.78, 5) is 12.6. The molecule has 3 rings (SSSR count). The fourth-order valence-corrected chi connectivity index (χ4v) is 4.91. The van der Waals surface area contributed by atoms with Crippen molar-refractivity contribution in [2.45, 2.75) is 77.6 Å². The standard InChI is InChI=1S/C16H25N.C8H11NO2S/c1-12-7-5-6-8-16(12)13(2)11-15-10-9-14(3)17(15)4;1-6-8(5-12-4-3-10)7(2)11-9-6/h5-8,13-15H,9-11H2,1-4H3;3H,4-5H2,1-2H3. The molecule has 1 aliphatic rings. The molecule has 29 heavy (non-hydrogen) atoms. The molecule has 0 spiro atoms. The van der Waals surface area contributed by atoms with Crippen LogP contribution in [0.15, 0.2) is 28.8 Å². The predicted octanol–water partition coefficient (Wildman–Crippen LogP) is 5.69. The van der Waals surface area contributed by atoms with Crippen LogP contribution >= 0.6 is 11.8 Å². The Hall–Kier alpha value is -1.59. The molecule has 2 heterocycles. The van der Waals surface area contributed by atoms with Crippen LogP contribution < -0.4 is 0 Å². The lowest BCUT2D eigenvalue weighted by atomic mass is 9.90. The zero-order valence-electron chi connectivity index (χ0n) is 18.8. The van der Waals surface area contributed by atoms with Gasteiger partial charge in [0.25, 0.3) is 0 Å². The van der Waals surface area contributed by atoms with E-state index < -0.39 is 0 Å². The second-order valence-electron chi connectivity index (χ2n) is 8.22. The molecule has 0 aliphatic carbocycles. The van der Waals surface area contributed by atoms with Crippen molar-refractivity contribution in [3.63, 3.8) is 0 Å². The van der Waals surface area contributed by atoms with Crippen LogP contribution in [0.4, 0.5) is 0 Å². The van der Waals surface area contributed by atoms with Crippen molar-refractivity contribution >= 4 is 18.0 Å². The molecule has 1 aliphatic heterocycles. The molecule has 0 saturated carbocycles. The highest BCUT2D eigenvalue weighted by atomic mass is 32.2. The Morgan fingerprint density at radius 3 is 2.55 bits per heavy atom. The number of benzene rings is 1. The van der Waals surface area contributed by atoms with E-state index in [4.69, 9.17) is 4.52 Å². The molecule has 3 unspecified atom stereocenters. The van der Waals surface area contributed by atoms with Crippen LogP contribution in [0.25, 0.3) is 0 Å². The Bertz CT molecular complexity index is 754. The first-order chi connectivity index (χ1) is 13.8. The number of thioether (sulfide) groups is 1. The second kappa shape index (κ2) is 11.6. The number of carbonyl (C=O) groups excluding carboxylic acids is 1. The lowest BCUT2D eigenvalue weighted by Crippen LogP contribution is -2.31. The van der Waals surface area contributed by atoms with E-state index in [-0.39, 0.29) is 0 Å². The number of carbonyl (C=O) groups is 1. The van der Waals surface area contributed by atoms with E-state index in [1.54, 1.807) is 11.8 Å². The van der Waals surface area contributed by atoms with E-state index in [9.17, 15) is 4.79 Å². The van der Waals surface area contributed by atoms with Gasteiger partial charge in [-0.2, -0.15) is 0 Å². The van der Waals surface area contributed by atoms with Gasteiger partial charge in [0.1, 0.15) is 12.0 Å². The van der Waals surface area contributed by atoms with Crippen LogP contribution in [0.1, 0.15) is 67.2 Å². The van der Waals surface area contributed by atoms with Crippen LogP contribution in [-0.4, -0.2) is 41.2 Å². The number of nitrogens with zero attached hydrogens (tertiary/aromatic N) is 2. The maximum Gasteiger partial charge on any atom is 0.137 e. The van der Waals surface area contributed by atoms with Gasteiger partial charge in [0.2, 0.25) is 0 Å². The summed E-state index contributed by atoms with van der Waals surface area (Å²) in [6, 6.07) is 10.4.